The Morgan fingerprint density at radius 3 is 0.812 bits per heavy atom. The minimum absolute atomic E-state index is 0.0112. The van der Waals surface area contributed by atoms with Crippen LogP contribution in [-0.4, -0.2) is 13.4 Å². The SMILES string of the molecule is c1ccc(N2c3ccccc3B3c4c2cccc4N(c2ccccc2)c2ccc4c5c(ccc4c23)N(c2ccccc2)c2cccc3c2B5c2ccccc2N3c2ccccc2)cc1. The minimum Gasteiger partial charge on any atom is -0.311 e. The first-order valence-electron chi connectivity index (χ1n) is 22.3. The van der Waals surface area contributed by atoms with E-state index in [1.165, 1.54) is 89.0 Å². The Morgan fingerprint density at radius 2 is 0.469 bits per heavy atom. The molecule has 0 bridgehead atoms. The first kappa shape index (κ1) is 35.4. The van der Waals surface area contributed by atoms with Gasteiger partial charge in [-0.1, -0.05) is 133 Å². The van der Waals surface area contributed by atoms with Crippen LogP contribution in [0.1, 0.15) is 0 Å². The number of rotatable bonds is 4. The van der Waals surface area contributed by atoms with Crippen LogP contribution in [0.2, 0.25) is 0 Å². The zero-order chi connectivity index (χ0) is 41.9. The zero-order valence-corrected chi connectivity index (χ0v) is 34.9. The van der Waals surface area contributed by atoms with Crippen molar-refractivity contribution in [3.63, 3.8) is 0 Å². The van der Waals surface area contributed by atoms with Crippen LogP contribution in [0.15, 0.2) is 231 Å². The molecule has 0 atom stereocenters. The van der Waals surface area contributed by atoms with Crippen molar-refractivity contribution in [2.75, 3.05) is 19.6 Å². The summed E-state index contributed by atoms with van der Waals surface area (Å²) in [6, 6.07) is 85.2. The molecule has 10 aromatic carbocycles. The van der Waals surface area contributed by atoms with E-state index in [2.05, 4.69) is 250 Å². The number of fused-ring (bicyclic) bond motifs is 11. The molecule has 0 radical (unpaired) electrons. The monoisotopic (exact) mass is 812 g/mol. The van der Waals surface area contributed by atoms with Gasteiger partial charge >= 0.3 is 0 Å². The van der Waals surface area contributed by atoms with Crippen molar-refractivity contribution < 1.29 is 0 Å². The van der Waals surface area contributed by atoms with Crippen LogP contribution in [0.5, 0.6) is 0 Å². The predicted octanol–water partition coefficient (Wildman–Crippen LogP) is 11.0. The van der Waals surface area contributed by atoms with Gasteiger partial charge in [-0.3, -0.25) is 0 Å². The first-order chi connectivity index (χ1) is 31.8. The van der Waals surface area contributed by atoms with Gasteiger partial charge in [0.05, 0.1) is 0 Å². The van der Waals surface area contributed by atoms with Crippen molar-refractivity contribution in [2.24, 2.45) is 0 Å². The third-order valence-corrected chi connectivity index (χ3v) is 14.0. The molecule has 0 amide bonds. The molecule has 14 rings (SSSR count). The molecular weight excluding hydrogens is 774 g/mol. The maximum absolute atomic E-state index is 2.51. The van der Waals surface area contributed by atoms with E-state index in [1.54, 1.807) is 0 Å². The highest BCUT2D eigenvalue weighted by molar-refractivity contribution is 7.03. The Bertz CT molecular complexity index is 3230. The second-order valence-electron chi connectivity index (χ2n) is 17.2. The van der Waals surface area contributed by atoms with Gasteiger partial charge in [0.25, 0.3) is 13.4 Å². The Labute approximate surface area is 373 Å². The number of benzene rings is 10. The molecule has 0 saturated carbocycles. The highest BCUT2D eigenvalue weighted by Crippen LogP contribution is 2.47. The molecule has 10 aromatic rings. The molecule has 296 valence electrons. The van der Waals surface area contributed by atoms with Gasteiger partial charge in [-0.05, 0) is 141 Å². The summed E-state index contributed by atoms with van der Waals surface area (Å²) in [4.78, 5) is 9.97. The topological polar surface area (TPSA) is 13.0 Å². The Kier molecular flexibility index (Phi) is 7.55. The fourth-order valence-electron chi connectivity index (χ4n) is 11.6. The van der Waals surface area contributed by atoms with Crippen LogP contribution in [0.4, 0.5) is 68.2 Å². The number of hydrogen-bond donors (Lipinski definition) is 0. The molecule has 4 aliphatic rings. The molecule has 0 unspecified atom stereocenters. The van der Waals surface area contributed by atoms with Gasteiger partial charge in [-0.15, -0.1) is 0 Å². The van der Waals surface area contributed by atoms with Crippen molar-refractivity contribution >= 4 is 125 Å². The maximum Gasteiger partial charge on any atom is 0.252 e. The fraction of sp³-hybridized carbons (Fsp3) is 0. The van der Waals surface area contributed by atoms with Crippen LogP contribution in [0, 0.1) is 0 Å². The highest BCUT2D eigenvalue weighted by atomic mass is 15.2. The summed E-state index contributed by atoms with van der Waals surface area (Å²) in [7, 11) is 0. The summed E-state index contributed by atoms with van der Waals surface area (Å²) < 4.78 is 0. The Morgan fingerprint density at radius 1 is 0.203 bits per heavy atom. The number of nitrogens with zero attached hydrogens (tertiary/aromatic N) is 4. The molecule has 0 aromatic heterocycles. The quantitative estimate of drug-likeness (QED) is 0.164. The average Bonchev–Trinajstić information content (AvgIpc) is 3.37. The van der Waals surface area contributed by atoms with Crippen molar-refractivity contribution in [2.45, 2.75) is 0 Å². The molecule has 0 N–H and O–H groups in total. The smallest absolute Gasteiger partial charge is 0.252 e. The molecule has 64 heavy (non-hydrogen) atoms. The van der Waals surface area contributed by atoms with Gasteiger partial charge < -0.3 is 19.6 Å². The van der Waals surface area contributed by atoms with E-state index in [4.69, 9.17) is 0 Å². The first-order valence-corrected chi connectivity index (χ1v) is 22.3. The third kappa shape index (κ3) is 4.85. The maximum atomic E-state index is 2.51. The molecule has 4 nitrogen and oxygen atoms in total. The van der Waals surface area contributed by atoms with Crippen LogP contribution in [0.25, 0.3) is 10.8 Å². The summed E-state index contributed by atoms with van der Waals surface area (Å²) >= 11 is 0. The van der Waals surface area contributed by atoms with Crippen LogP contribution in [-0.2, 0) is 0 Å². The number of hydrogen-bond acceptors (Lipinski definition) is 4. The lowest BCUT2D eigenvalue weighted by molar-refractivity contribution is 1.25. The van der Waals surface area contributed by atoms with E-state index < -0.39 is 0 Å². The van der Waals surface area contributed by atoms with Crippen LogP contribution >= 0.6 is 0 Å². The highest BCUT2D eigenvalue weighted by Gasteiger charge is 2.47. The molecular formula is C58H38B2N4. The summed E-state index contributed by atoms with van der Waals surface area (Å²) in [6.45, 7) is -0.0223. The molecule has 0 spiro atoms. The lowest BCUT2D eigenvalue weighted by Gasteiger charge is -2.46. The Balaban J connectivity index is 1.10. The molecule has 0 aliphatic carbocycles. The van der Waals surface area contributed by atoms with Crippen molar-refractivity contribution in [3.8, 4) is 0 Å². The fourth-order valence-corrected chi connectivity index (χ4v) is 11.6. The predicted molar refractivity (Wildman–Crippen MR) is 272 cm³/mol. The minimum atomic E-state index is -0.0112. The largest absolute Gasteiger partial charge is 0.311 e. The van der Waals surface area contributed by atoms with E-state index in [1.807, 2.05) is 0 Å². The number of para-hydroxylation sites is 6. The molecule has 4 aliphatic heterocycles. The third-order valence-electron chi connectivity index (χ3n) is 14.0. The van der Waals surface area contributed by atoms with Gasteiger partial charge in [0.1, 0.15) is 0 Å². The lowest BCUT2D eigenvalue weighted by Crippen LogP contribution is -2.63. The molecule has 0 fully saturated rings. The average molecular weight is 813 g/mol. The second-order valence-corrected chi connectivity index (χ2v) is 17.2. The van der Waals surface area contributed by atoms with E-state index in [9.17, 15) is 0 Å². The van der Waals surface area contributed by atoms with Crippen molar-refractivity contribution in [1.29, 1.82) is 0 Å². The van der Waals surface area contributed by atoms with Crippen LogP contribution in [0.3, 0.4) is 0 Å². The molecule has 6 heteroatoms. The summed E-state index contributed by atoms with van der Waals surface area (Å²) in [5, 5.41) is 2.56. The van der Waals surface area contributed by atoms with E-state index >= 15 is 0 Å². The van der Waals surface area contributed by atoms with Gasteiger partial charge in [-0.2, -0.15) is 0 Å². The molecule has 4 heterocycles. The van der Waals surface area contributed by atoms with Gasteiger partial charge in [0.2, 0.25) is 0 Å². The standard InChI is InChI=1S/C58H38B2N4/c1-5-19-39(20-6-1)61-47-29-15-13-27-45(47)59-55-43-35-38-54-56(44(43)36-37-53(55)63(41-23-9-3-10-24-41)51-33-17-31-49(61)57(51)59)60-46-28-14-16-30-48(46)62(40-21-7-2-8-22-40)50-32-18-34-52(58(50)60)64(54)42-25-11-4-12-26-42/h1-38H. The van der Waals surface area contributed by atoms with E-state index in [0.717, 1.165) is 22.7 Å². The van der Waals surface area contributed by atoms with E-state index in [0.29, 0.717) is 0 Å². The molecule has 0 saturated heterocycles. The summed E-state index contributed by atoms with van der Waals surface area (Å²) in [6.07, 6.45) is 0. The lowest BCUT2D eigenvalue weighted by atomic mass is 9.31. The number of anilines is 12. The normalized spacial score (nSPS) is 13.8. The van der Waals surface area contributed by atoms with Crippen molar-refractivity contribution in [1.82, 2.24) is 0 Å². The second kappa shape index (κ2) is 13.6. The Hall–Kier alpha value is -8.21. The van der Waals surface area contributed by atoms with Gasteiger partial charge in [0.15, 0.2) is 0 Å². The summed E-state index contributed by atoms with van der Waals surface area (Å²) in [5.41, 5.74) is 22.3. The van der Waals surface area contributed by atoms with Crippen molar-refractivity contribution in [3.05, 3.63) is 231 Å². The van der Waals surface area contributed by atoms with E-state index in [-0.39, 0.29) is 13.4 Å². The zero-order valence-electron chi connectivity index (χ0n) is 34.9. The van der Waals surface area contributed by atoms with Crippen LogP contribution < -0.4 is 52.4 Å². The van der Waals surface area contributed by atoms with Gasteiger partial charge in [-0.25, -0.2) is 0 Å². The van der Waals surface area contributed by atoms with Gasteiger partial charge in [0, 0.05) is 68.2 Å². The summed E-state index contributed by atoms with van der Waals surface area (Å²) in [5.74, 6) is 0.